The Labute approximate surface area is 191 Å². The van der Waals surface area contributed by atoms with Crippen LogP contribution in [0.15, 0.2) is 67.0 Å². The number of fused-ring (bicyclic) bond motifs is 1. The van der Waals surface area contributed by atoms with Crippen molar-refractivity contribution in [1.82, 2.24) is 30.2 Å². The van der Waals surface area contributed by atoms with Crippen LogP contribution >= 0.6 is 0 Å². The van der Waals surface area contributed by atoms with Gasteiger partial charge in [-0.3, -0.25) is 4.68 Å². The second-order valence-corrected chi connectivity index (χ2v) is 7.71. The van der Waals surface area contributed by atoms with Crippen LogP contribution in [-0.2, 0) is 13.0 Å². The van der Waals surface area contributed by atoms with Crippen molar-refractivity contribution in [1.29, 1.82) is 0 Å². The van der Waals surface area contributed by atoms with Crippen LogP contribution in [0.2, 0.25) is 0 Å². The molecule has 3 aromatic heterocycles. The first-order valence-electron chi connectivity index (χ1n) is 10.2. The number of nitrogens with two attached hydrogens (primary N) is 1. The maximum Gasteiger partial charge on any atom is 0.573 e. The summed E-state index contributed by atoms with van der Waals surface area (Å²) in [6.07, 6.45) is -0.415. The van der Waals surface area contributed by atoms with Crippen LogP contribution in [-0.4, -0.2) is 36.5 Å². The van der Waals surface area contributed by atoms with Crippen molar-refractivity contribution in [3.05, 3.63) is 83.7 Å². The largest absolute Gasteiger partial charge is 0.573 e. The highest BCUT2D eigenvalue weighted by Crippen LogP contribution is 2.27. The van der Waals surface area contributed by atoms with Crippen molar-refractivity contribution >= 4 is 17.0 Å². The number of H-pyrrole nitrogens is 1. The van der Waals surface area contributed by atoms with Crippen molar-refractivity contribution in [2.75, 3.05) is 5.73 Å². The molecule has 0 aliphatic carbocycles. The molecule has 0 unspecified atom stereocenters. The fourth-order valence-electron chi connectivity index (χ4n) is 3.75. The summed E-state index contributed by atoms with van der Waals surface area (Å²) < 4.78 is 42.9. The van der Waals surface area contributed by atoms with E-state index in [0.29, 0.717) is 29.9 Å². The SMILES string of the molecule is Nc1cc(Cc2cnn(Cc3cccc(-c4ccc(OC(F)(F)F)cc4)c3)c2)c2nn[nH]c2n1. The molecular formula is C23H18F3N7O. The highest BCUT2D eigenvalue weighted by atomic mass is 19.4. The van der Waals surface area contributed by atoms with Gasteiger partial charge >= 0.3 is 6.36 Å². The Kier molecular flexibility index (Phi) is 5.36. The third kappa shape index (κ3) is 4.82. The normalized spacial score (nSPS) is 11.7. The molecule has 5 aromatic rings. The van der Waals surface area contributed by atoms with Crippen LogP contribution in [0.3, 0.4) is 0 Å². The zero-order valence-corrected chi connectivity index (χ0v) is 17.6. The molecule has 0 fully saturated rings. The van der Waals surface area contributed by atoms with E-state index in [4.69, 9.17) is 5.73 Å². The molecule has 0 amide bonds. The van der Waals surface area contributed by atoms with E-state index in [-0.39, 0.29) is 5.75 Å². The van der Waals surface area contributed by atoms with Gasteiger partial charge in [-0.2, -0.15) is 5.10 Å². The van der Waals surface area contributed by atoms with Gasteiger partial charge in [0.15, 0.2) is 5.65 Å². The first-order valence-corrected chi connectivity index (χ1v) is 10.2. The smallest absolute Gasteiger partial charge is 0.406 e. The number of hydrogen-bond donors (Lipinski definition) is 2. The van der Waals surface area contributed by atoms with Gasteiger partial charge in [0.05, 0.1) is 12.7 Å². The predicted molar refractivity (Wildman–Crippen MR) is 119 cm³/mol. The molecule has 0 atom stereocenters. The second-order valence-electron chi connectivity index (χ2n) is 7.71. The standard InChI is InChI=1S/C23H18F3N7O/c24-23(25,26)34-19-6-4-16(5-7-19)17-3-1-2-14(8-17)12-33-13-15(11-28-33)9-18-10-20(27)29-22-21(18)30-32-31-22/h1-8,10-11,13H,9,12H2,(H3,27,29,30,31,32). The van der Waals surface area contributed by atoms with Gasteiger partial charge in [-0.05, 0) is 52.1 Å². The molecule has 0 saturated carbocycles. The van der Waals surface area contributed by atoms with Crippen molar-refractivity contribution in [2.24, 2.45) is 0 Å². The lowest BCUT2D eigenvalue weighted by Gasteiger charge is -2.10. The molecule has 172 valence electrons. The Morgan fingerprint density at radius 2 is 1.82 bits per heavy atom. The van der Waals surface area contributed by atoms with Gasteiger partial charge in [0.25, 0.3) is 0 Å². The molecule has 5 rings (SSSR count). The molecular weight excluding hydrogens is 447 g/mol. The zero-order chi connectivity index (χ0) is 23.7. The van der Waals surface area contributed by atoms with Gasteiger partial charge in [0, 0.05) is 12.6 Å². The molecule has 11 heteroatoms. The summed E-state index contributed by atoms with van der Waals surface area (Å²) in [6.45, 7) is 0.529. The van der Waals surface area contributed by atoms with E-state index in [9.17, 15) is 13.2 Å². The third-order valence-electron chi connectivity index (χ3n) is 5.17. The van der Waals surface area contributed by atoms with Crippen LogP contribution < -0.4 is 10.5 Å². The number of aromatic nitrogens is 6. The number of hydrogen-bond acceptors (Lipinski definition) is 6. The lowest BCUT2D eigenvalue weighted by Crippen LogP contribution is -2.16. The van der Waals surface area contributed by atoms with E-state index < -0.39 is 6.36 Å². The second kappa shape index (κ2) is 8.50. The topological polar surface area (TPSA) is 108 Å². The molecule has 34 heavy (non-hydrogen) atoms. The van der Waals surface area contributed by atoms with Crippen LogP contribution in [0.1, 0.15) is 16.7 Å². The number of alkyl halides is 3. The molecule has 3 N–H and O–H groups in total. The molecule has 8 nitrogen and oxygen atoms in total. The van der Waals surface area contributed by atoms with E-state index in [1.54, 1.807) is 24.4 Å². The van der Waals surface area contributed by atoms with Gasteiger partial charge in [0.1, 0.15) is 17.1 Å². The van der Waals surface area contributed by atoms with Crippen molar-refractivity contribution < 1.29 is 17.9 Å². The molecule has 0 bridgehead atoms. The number of aromatic amines is 1. The Morgan fingerprint density at radius 3 is 2.62 bits per heavy atom. The number of halogens is 3. The van der Waals surface area contributed by atoms with Gasteiger partial charge in [0.2, 0.25) is 0 Å². The maximum atomic E-state index is 12.4. The first-order chi connectivity index (χ1) is 16.3. The van der Waals surface area contributed by atoms with Crippen molar-refractivity contribution in [2.45, 2.75) is 19.3 Å². The highest BCUT2D eigenvalue weighted by molar-refractivity contribution is 5.76. The van der Waals surface area contributed by atoms with E-state index in [1.807, 2.05) is 35.1 Å². The fourth-order valence-corrected chi connectivity index (χ4v) is 3.75. The minimum absolute atomic E-state index is 0.254. The van der Waals surface area contributed by atoms with Crippen molar-refractivity contribution in [3.8, 4) is 16.9 Å². The molecule has 3 heterocycles. The lowest BCUT2D eigenvalue weighted by molar-refractivity contribution is -0.274. The minimum atomic E-state index is -4.71. The zero-order valence-electron chi connectivity index (χ0n) is 17.6. The molecule has 0 spiro atoms. The predicted octanol–water partition coefficient (Wildman–Crippen LogP) is 4.34. The average Bonchev–Trinajstić information content (AvgIpc) is 3.43. The van der Waals surface area contributed by atoms with Gasteiger partial charge in [-0.15, -0.1) is 18.3 Å². The molecule has 0 aliphatic rings. The first kappa shape index (κ1) is 21.4. The molecule has 0 saturated heterocycles. The maximum absolute atomic E-state index is 12.4. The summed E-state index contributed by atoms with van der Waals surface area (Å²) in [5.74, 6) is 0.131. The van der Waals surface area contributed by atoms with Gasteiger partial charge in [-0.25, -0.2) is 10.1 Å². The summed E-state index contributed by atoms with van der Waals surface area (Å²) in [7, 11) is 0. The van der Waals surface area contributed by atoms with E-state index in [1.165, 1.54) is 12.1 Å². The summed E-state index contributed by atoms with van der Waals surface area (Å²) in [5, 5.41) is 15.0. The Morgan fingerprint density at radius 1 is 1.00 bits per heavy atom. The third-order valence-corrected chi connectivity index (χ3v) is 5.17. The number of nitrogens with one attached hydrogen (secondary N) is 1. The van der Waals surface area contributed by atoms with E-state index >= 15 is 0 Å². The molecule has 2 aromatic carbocycles. The average molecular weight is 465 g/mol. The fraction of sp³-hybridized carbons (Fsp3) is 0.130. The van der Waals surface area contributed by atoms with E-state index in [0.717, 1.165) is 27.8 Å². The number of rotatable bonds is 6. The summed E-state index contributed by atoms with van der Waals surface area (Å²) in [4.78, 5) is 4.17. The van der Waals surface area contributed by atoms with Crippen LogP contribution in [0.4, 0.5) is 19.0 Å². The number of nitrogen functional groups attached to an aromatic ring is 1. The molecule has 0 radical (unpaired) electrons. The Bertz CT molecular complexity index is 1440. The van der Waals surface area contributed by atoms with Crippen LogP contribution in [0.25, 0.3) is 22.3 Å². The quantitative estimate of drug-likeness (QED) is 0.386. The Hall–Kier alpha value is -4.41. The minimum Gasteiger partial charge on any atom is -0.406 e. The summed E-state index contributed by atoms with van der Waals surface area (Å²) >= 11 is 0. The number of ether oxygens (including phenoxy) is 1. The lowest BCUT2D eigenvalue weighted by atomic mass is 10.0. The monoisotopic (exact) mass is 465 g/mol. The summed E-state index contributed by atoms with van der Waals surface area (Å²) in [6, 6.07) is 15.3. The van der Waals surface area contributed by atoms with Crippen molar-refractivity contribution in [3.63, 3.8) is 0 Å². The van der Waals surface area contributed by atoms with E-state index in [2.05, 4.69) is 30.2 Å². The number of benzene rings is 2. The van der Waals surface area contributed by atoms with Crippen LogP contribution in [0.5, 0.6) is 5.75 Å². The van der Waals surface area contributed by atoms with Crippen LogP contribution in [0, 0.1) is 0 Å². The summed E-state index contributed by atoms with van der Waals surface area (Å²) in [5.41, 5.74) is 11.6. The molecule has 0 aliphatic heterocycles. The Balaban J connectivity index is 1.30. The van der Waals surface area contributed by atoms with Gasteiger partial charge < -0.3 is 10.5 Å². The number of nitrogens with zero attached hydrogens (tertiary/aromatic N) is 5. The number of pyridine rings is 1. The highest BCUT2D eigenvalue weighted by Gasteiger charge is 2.30. The number of anilines is 1. The van der Waals surface area contributed by atoms with Gasteiger partial charge in [-0.1, -0.05) is 35.5 Å².